The van der Waals surface area contributed by atoms with Gasteiger partial charge in [-0.25, -0.2) is 0 Å². The van der Waals surface area contributed by atoms with Crippen molar-refractivity contribution >= 4 is 30.0 Å². The first-order chi connectivity index (χ1) is 11.0. The Morgan fingerprint density at radius 2 is 2.00 bits per heavy atom. The van der Waals surface area contributed by atoms with Gasteiger partial charge in [0.05, 0.1) is 26.7 Å². The van der Waals surface area contributed by atoms with Crippen molar-refractivity contribution in [2.45, 2.75) is 12.8 Å². The van der Waals surface area contributed by atoms with Crippen molar-refractivity contribution in [1.29, 1.82) is 0 Å². The van der Waals surface area contributed by atoms with Crippen LogP contribution < -0.4 is 14.8 Å². The molecular formula is C16H23ClN2O5. The SMILES string of the molecule is COc1ccc(NC(=O)CN2CCCC(C(=O)O)C2)cc1OC.Cl. The lowest BCUT2D eigenvalue weighted by atomic mass is 9.98. The molecule has 1 aliphatic heterocycles. The van der Waals surface area contributed by atoms with E-state index in [0.29, 0.717) is 30.2 Å². The number of ether oxygens (including phenoxy) is 2. The van der Waals surface area contributed by atoms with E-state index in [0.717, 1.165) is 13.0 Å². The van der Waals surface area contributed by atoms with Crippen LogP contribution in [0.2, 0.25) is 0 Å². The van der Waals surface area contributed by atoms with Gasteiger partial charge in [-0.1, -0.05) is 0 Å². The zero-order valence-electron chi connectivity index (χ0n) is 13.8. The van der Waals surface area contributed by atoms with E-state index < -0.39 is 11.9 Å². The van der Waals surface area contributed by atoms with Crippen molar-refractivity contribution in [2.24, 2.45) is 5.92 Å². The monoisotopic (exact) mass is 358 g/mol. The van der Waals surface area contributed by atoms with Gasteiger partial charge in [0, 0.05) is 18.3 Å². The molecule has 1 aromatic carbocycles. The lowest BCUT2D eigenvalue weighted by Gasteiger charge is -2.29. The van der Waals surface area contributed by atoms with Crippen LogP contribution in [0.4, 0.5) is 5.69 Å². The summed E-state index contributed by atoms with van der Waals surface area (Å²) < 4.78 is 10.3. The summed E-state index contributed by atoms with van der Waals surface area (Å²) in [5.41, 5.74) is 0.611. The Hall–Kier alpha value is -1.99. The highest BCUT2D eigenvalue weighted by Gasteiger charge is 2.26. The van der Waals surface area contributed by atoms with Gasteiger partial charge in [-0.05, 0) is 31.5 Å². The highest BCUT2D eigenvalue weighted by molar-refractivity contribution is 5.92. The summed E-state index contributed by atoms with van der Waals surface area (Å²) in [6.45, 7) is 1.33. The number of likely N-dealkylation sites (tertiary alicyclic amines) is 1. The number of nitrogens with zero attached hydrogens (tertiary/aromatic N) is 1. The van der Waals surface area contributed by atoms with E-state index >= 15 is 0 Å². The van der Waals surface area contributed by atoms with Crippen LogP contribution in [0.3, 0.4) is 0 Å². The van der Waals surface area contributed by atoms with Crippen molar-refractivity contribution in [2.75, 3.05) is 39.2 Å². The zero-order valence-corrected chi connectivity index (χ0v) is 14.6. The van der Waals surface area contributed by atoms with Gasteiger partial charge in [-0.2, -0.15) is 0 Å². The summed E-state index contributed by atoms with van der Waals surface area (Å²) in [4.78, 5) is 25.1. The number of halogens is 1. The molecule has 2 N–H and O–H groups in total. The standard InChI is InChI=1S/C16H22N2O5.ClH/c1-22-13-6-5-12(8-14(13)23-2)17-15(19)10-18-7-3-4-11(9-18)16(20)21;/h5-6,8,11H,3-4,7,9-10H2,1-2H3,(H,17,19)(H,20,21);1H. The number of carboxylic acids is 1. The minimum atomic E-state index is -0.796. The molecule has 7 nitrogen and oxygen atoms in total. The topological polar surface area (TPSA) is 88.1 Å². The van der Waals surface area contributed by atoms with Crippen LogP contribution in [-0.2, 0) is 9.59 Å². The summed E-state index contributed by atoms with van der Waals surface area (Å²) in [5.74, 6) is -0.240. The third-order valence-corrected chi connectivity index (χ3v) is 3.89. The maximum atomic E-state index is 12.1. The average molecular weight is 359 g/mol. The molecule has 1 heterocycles. The molecule has 0 radical (unpaired) electrons. The van der Waals surface area contributed by atoms with Gasteiger partial charge in [0.1, 0.15) is 0 Å². The molecule has 24 heavy (non-hydrogen) atoms. The number of anilines is 1. The fourth-order valence-corrected chi connectivity index (χ4v) is 2.72. The van der Waals surface area contributed by atoms with E-state index in [4.69, 9.17) is 14.6 Å². The van der Waals surface area contributed by atoms with Crippen molar-refractivity contribution in [1.82, 2.24) is 4.90 Å². The number of methoxy groups -OCH3 is 2. The number of carboxylic acid groups (broad SMARTS) is 1. The number of benzene rings is 1. The average Bonchev–Trinajstić information content (AvgIpc) is 2.54. The highest BCUT2D eigenvalue weighted by Crippen LogP contribution is 2.29. The van der Waals surface area contributed by atoms with Crippen LogP contribution in [0.1, 0.15) is 12.8 Å². The predicted molar refractivity (Wildman–Crippen MR) is 92.2 cm³/mol. The Kier molecular flexibility index (Phi) is 7.81. The summed E-state index contributed by atoms with van der Waals surface area (Å²) >= 11 is 0. The van der Waals surface area contributed by atoms with E-state index in [1.54, 1.807) is 25.3 Å². The van der Waals surface area contributed by atoms with Crippen molar-refractivity contribution in [3.63, 3.8) is 0 Å². The molecule has 2 rings (SSSR count). The fourth-order valence-electron chi connectivity index (χ4n) is 2.72. The van der Waals surface area contributed by atoms with Crippen LogP contribution in [0, 0.1) is 5.92 Å². The van der Waals surface area contributed by atoms with Crippen molar-refractivity contribution in [3.05, 3.63) is 18.2 Å². The predicted octanol–water partition coefficient (Wildman–Crippen LogP) is 1.86. The van der Waals surface area contributed by atoms with Gasteiger partial charge < -0.3 is 19.9 Å². The molecule has 0 bridgehead atoms. The number of rotatable bonds is 6. The Morgan fingerprint density at radius 1 is 1.29 bits per heavy atom. The molecule has 1 aromatic rings. The molecule has 8 heteroatoms. The second-order valence-electron chi connectivity index (χ2n) is 5.53. The molecule has 134 valence electrons. The molecule has 0 saturated carbocycles. The van der Waals surface area contributed by atoms with Gasteiger partial charge in [-0.3, -0.25) is 14.5 Å². The van der Waals surface area contributed by atoms with E-state index in [9.17, 15) is 9.59 Å². The molecule has 1 aliphatic rings. The Morgan fingerprint density at radius 3 is 2.62 bits per heavy atom. The van der Waals surface area contributed by atoms with Crippen LogP contribution in [0.5, 0.6) is 11.5 Å². The number of hydrogen-bond acceptors (Lipinski definition) is 5. The summed E-state index contributed by atoms with van der Waals surface area (Å²) in [6, 6.07) is 5.14. The Bertz CT molecular complexity index is 582. The maximum Gasteiger partial charge on any atom is 0.307 e. The van der Waals surface area contributed by atoms with Crippen LogP contribution in [0.15, 0.2) is 18.2 Å². The molecule has 1 amide bonds. The van der Waals surface area contributed by atoms with E-state index in [1.807, 2.05) is 4.90 Å². The number of carbonyl (C=O) groups is 2. The van der Waals surface area contributed by atoms with E-state index in [2.05, 4.69) is 5.32 Å². The summed E-state index contributed by atoms with van der Waals surface area (Å²) in [7, 11) is 3.08. The second-order valence-corrected chi connectivity index (χ2v) is 5.53. The van der Waals surface area contributed by atoms with Gasteiger partial charge in [0.25, 0.3) is 0 Å². The van der Waals surface area contributed by atoms with Gasteiger partial charge >= 0.3 is 5.97 Å². The first-order valence-corrected chi connectivity index (χ1v) is 7.50. The smallest absolute Gasteiger partial charge is 0.307 e. The van der Waals surface area contributed by atoms with Crippen LogP contribution >= 0.6 is 12.4 Å². The number of piperidine rings is 1. The minimum absolute atomic E-state index is 0. The van der Waals surface area contributed by atoms with E-state index in [1.165, 1.54) is 7.11 Å². The first kappa shape index (κ1) is 20.1. The molecule has 1 saturated heterocycles. The quantitative estimate of drug-likeness (QED) is 0.807. The fraction of sp³-hybridized carbons (Fsp3) is 0.500. The largest absolute Gasteiger partial charge is 0.493 e. The normalized spacial score (nSPS) is 17.5. The van der Waals surface area contributed by atoms with Gasteiger partial charge in [0.2, 0.25) is 5.91 Å². The maximum absolute atomic E-state index is 12.1. The number of aliphatic carboxylic acids is 1. The van der Waals surface area contributed by atoms with E-state index in [-0.39, 0.29) is 24.9 Å². The number of hydrogen-bond donors (Lipinski definition) is 2. The molecule has 0 aliphatic carbocycles. The molecule has 0 spiro atoms. The number of nitrogens with one attached hydrogen (secondary N) is 1. The zero-order chi connectivity index (χ0) is 16.8. The molecular weight excluding hydrogens is 336 g/mol. The van der Waals surface area contributed by atoms with Crippen LogP contribution in [-0.4, -0.2) is 55.7 Å². The molecule has 0 aromatic heterocycles. The summed E-state index contributed by atoms with van der Waals surface area (Å²) in [5, 5.41) is 11.9. The van der Waals surface area contributed by atoms with Crippen LogP contribution in [0.25, 0.3) is 0 Å². The first-order valence-electron chi connectivity index (χ1n) is 7.50. The third-order valence-electron chi connectivity index (χ3n) is 3.89. The molecule has 1 unspecified atom stereocenters. The summed E-state index contributed by atoms with van der Waals surface area (Å²) in [6.07, 6.45) is 1.46. The highest BCUT2D eigenvalue weighted by atomic mass is 35.5. The molecule has 1 atom stereocenters. The van der Waals surface area contributed by atoms with Gasteiger partial charge in [-0.15, -0.1) is 12.4 Å². The van der Waals surface area contributed by atoms with Crippen molar-refractivity contribution < 1.29 is 24.2 Å². The molecule has 1 fully saturated rings. The van der Waals surface area contributed by atoms with Crippen molar-refractivity contribution in [3.8, 4) is 11.5 Å². The lowest BCUT2D eigenvalue weighted by molar-refractivity contribution is -0.144. The Labute approximate surface area is 147 Å². The number of amides is 1. The minimum Gasteiger partial charge on any atom is -0.493 e. The number of carbonyl (C=O) groups excluding carboxylic acids is 1. The second kappa shape index (κ2) is 9.34. The third kappa shape index (κ3) is 5.28. The van der Waals surface area contributed by atoms with Gasteiger partial charge in [0.15, 0.2) is 11.5 Å². The lowest BCUT2D eigenvalue weighted by Crippen LogP contribution is -2.42. The Balaban J connectivity index is 0.00000288.